The van der Waals surface area contributed by atoms with E-state index in [1.54, 1.807) is 31.2 Å². The van der Waals surface area contributed by atoms with E-state index in [1.165, 1.54) is 0 Å². The van der Waals surface area contributed by atoms with Crippen LogP contribution < -0.4 is 0 Å². The van der Waals surface area contributed by atoms with Gasteiger partial charge in [-0.05, 0) is 43.3 Å². The van der Waals surface area contributed by atoms with Crippen LogP contribution in [0.4, 0.5) is 0 Å². The molecule has 0 saturated carbocycles. The molecule has 5 nitrogen and oxygen atoms in total. The summed E-state index contributed by atoms with van der Waals surface area (Å²) < 4.78 is 6.81. The molecule has 7 heteroatoms. The molecule has 1 heterocycles. The van der Waals surface area contributed by atoms with Gasteiger partial charge < -0.3 is 9.63 Å². The highest BCUT2D eigenvalue weighted by molar-refractivity contribution is 9.10. The van der Waals surface area contributed by atoms with Crippen molar-refractivity contribution < 1.29 is 14.4 Å². The van der Waals surface area contributed by atoms with Crippen LogP contribution in [0, 0.1) is 6.92 Å². The number of carbonyl (C=O) groups is 1. The highest BCUT2D eigenvalue weighted by atomic mass is 79.9. The molecule has 0 amide bonds. The lowest BCUT2D eigenvalue weighted by molar-refractivity contribution is 0.0697. The van der Waals surface area contributed by atoms with Gasteiger partial charge in [-0.25, -0.2) is 4.79 Å². The zero-order valence-corrected chi connectivity index (χ0v) is 15.2. The first-order valence-electron chi connectivity index (χ1n) is 6.51. The van der Waals surface area contributed by atoms with Gasteiger partial charge in [0, 0.05) is 14.5 Å². The maximum atomic E-state index is 10.3. The van der Waals surface area contributed by atoms with Gasteiger partial charge in [-0.2, -0.15) is 4.98 Å². The number of halogens is 2. The van der Waals surface area contributed by atoms with Crippen molar-refractivity contribution in [2.24, 2.45) is 0 Å². The van der Waals surface area contributed by atoms with Gasteiger partial charge in [0.2, 0.25) is 0 Å². The van der Waals surface area contributed by atoms with E-state index >= 15 is 0 Å². The van der Waals surface area contributed by atoms with E-state index in [1.807, 2.05) is 24.3 Å². The second-order valence-electron chi connectivity index (χ2n) is 4.47. The van der Waals surface area contributed by atoms with Crippen molar-refractivity contribution in [3.05, 3.63) is 68.9 Å². The third-order valence-corrected chi connectivity index (χ3v) is 3.66. The van der Waals surface area contributed by atoms with Crippen LogP contribution in [0.25, 0.3) is 11.5 Å². The monoisotopic (exact) mass is 438 g/mol. The molecule has 3 aromatic rings. The van der Waals surface area contributed by atoms with E-state index in [0.29, 0.717) is 17.3 Å². The van der Waals surface area contributed by atoms with Gasteiger partial charge in [0.25, 0.3) is 5.89 Å². The van der Waals surface area contributed by atoms with Gasteiger partial charge in [-0.3, -0.25) is 0 Å². The molecule has 0 fully saturated rings. The van der Waals surface area contributed by atoms with Crippen LogP contribution in [-0.4, -0.2) is 21.2 Å². The molecule has 23 heavy (non-hydrogen) atoms. The Hall–Kier alpha value is -1.99. The zero-order valence-electron chi connectivity index (χ0n) is 12.0. The van der Waals surface area contributed by atoms with Crippen LogP contribution in [0.5, 0.6) is 0 Å². The Bertz CT molecular complexity index is 818. The topological polar surface area (TPSA) is 76.2 Å². The highest BCUT2D eigenvalue weighted by Crippen LogP contribution is 2.20. The lowest BCUT2D eigenvalue weighted by Gasteiger charge is -1.93. The molecular weight excluding hydrogens is 428 g/mol. The van der Waals surface area contributed by atoms with Crippen molar-refractivity contribution in [3.63, 3.8) is 0 Å². The molecule has 1 N–H and O–H groups in total. The molecule has 118 valence electrons. The van der Waals surface area contributed by atoms with Gasteiger partial charge in [-0.1, -0.05) is 49.1 Å². The van der Waals surface area contributed by atoms with Crippen molar-refractivity contribution in [2.45, 2.75) is 6.92 Å². The number of nitrogens with zero attached hydrogens (tertiary/aromatic N) is 2. The minimum atomic E-state index is -0.902. The second kappa shape index (κ2) is 8.03. The molecular formula is C16H12Br2N2O3. The van der Waals surface area contributed by atoms with Crippen LogP contribution in [0.3, 0.4) is 0 Å². The number of aromatic carboxylic acids is 1. The average molecular weight is 440 g/mol. The van der Waals surface area contributed by atoms with Crippen molar-refractivity contribution in [3.8, 4) is 11.5 Å². The number of aryl methyl sites for hydroxylation is 1. The van der Waals surface area contributed by atoms with Crippen molar-refractivity contribution in [2.75, 3.05) is 0 Å². The third kappa shape index (κ3) is 5.30. The summed E-state index contributed by atoms with van der Waals surface area (Å²) >= 11 is 6.54. The molecule has 0 aliphatic carbocycles. The Kier molecular flexibility index (Phi) is 6.06. The molecule has 0 saturated heterocycles. The minimum absolute atomic E-state index is 0.300. The third-order valence-electron chi connectivity index (χ3n) is 2.67. The van der Waals surface area contributed by atoms with Crippen molar-refractivity contribution in [1.82, 2.24) is 10.1 Å². The minimum Gasteiger partial charge on any atom is -0.478 e. The lowest BCUT2D eigenvalue weighted by atomic mass is 10.2. The predicted octanol–water partition coefficient (Wildman–Crippen LogP) is 4.95. The van der Waals surface area contributed by atoms with E-state index < -0.39 is 5.97 Å². The molecule has 0 aliphatic heterocycles. The van der Waals surface area contributed by atoms with Crippen molar-refractivity contribution >= 4 is 37.8 Å². The number of carboxylic acids is 1. The van der Waals surface area contributed by atoms with Crippen LogP contribution >= 0.6 is 31.9 Å². The number of hydrogen-bond donors (Lipinski definition) is 1. The average Bonchev–Trinajstić information content (AvgIpc) is 2.94. The number of carboxylic acid groups (broad SMARTS) is 1. The smallest absolute Gasteiger partial charge is 0.335 e. The van der Waals surface area contributed by atoms with E-state index in [-0.39, 0.29) is 0 Å². The van der Waals surface area contributed by atoms with Crippen LogP contribution in [-0.2, 0) is 0 Å². The molecule has 0 atom stereocenters. The van der Waals surface area contributed by atoms with Gasteiger partial charge in [0.1, 0.15) is 0 Å². The Labute approximate surface area is 149 Å². The lowest BCUT2D eigenvalue weighted by Crippen LogP contribution is -1.94. The van der Waals surface area contributed by atoms with E-state index in [0.717, 1.165) is 14.5 Å². The summed E-state index contributed by atoms with van der Waals surface area (Å²) in [6.07, 6.45) is 0. The Balaban J connectivity index is 0.000000174. The molecule has 0 unspecified atom stereocenters. The van der Waals surface area contributed by atoms with Crippen LogP contribution in [0.15, 0.2) is 62.0 Å². The number of rotatable bonds is 2. The van der Waals surface area contributed by atoms with Crippen LogP contribution in [0.1, 0.15) is 16.2 Å². The molecule has 3 rings (SSSR count). The zero-order chi connectivity index (χ0) is 16.8. The largest absolute Gasteiger partial charge is 0.478 e. The molecule has 0 aliphatic rings. The standard InChI is InChI=1S/C9H7BrN2O.C7H5BrO2/c1-6-11-9(13-12-6)7-3-2-4-8(10)5-7;8-6-3-1-2-5(4-6)7(9)10/h2-5H,1H3;1-4H,(H,9,10). The normalized spacial score (nSPS) is 9.87. The quantitative estimate of drug-likeness (QED) is 0.610. The fraction of sp³-hybridized carbons (Fsp3) is 0.0625. The molecule has 1 aromatic heterocycles. The predicted molar refractivity (Wildman–Crippen MR) is 93.3 cm³/mol. The summed E-state index contributed by atoms with van der Waals surface area (Å²) in [7, 11) is 0. The number of aromatic nitrogens is 2. The molecule has 0 radical (unpaired) electrons. The second-order valence-corrected chi connectivity index (χ2v) is 6.30. The Morgan fingerprint density at radius 3 is 2.22 bits per heavy atom. The van der Waals surface area contributed by atoms with Gasteiger partial charge in [0.15, 0.2) is 5.82 Å². The first-order valence-corrected chi connectivity index (χ1v) is 8.09. The number of hydrogen-bond acceptors (Lipinski definition) is 4. The van der Waals surface area contributed by atoms with Gasteiger partial charge >= 0.3 is 5.97 Å². The SMILES string of the molecule is Cc1noc(-c2cccc(Br)c2)n1.O=C(O)c1cccc(Br)c1. The maximum absolute atomic E-state index is 10.3. The summed E-state index contributed by atoms with van der Waals surface area (Å²) in [4.78, 5) is 14.5. The van der Waals surface area contributed by atoms with Gasteiger partial charge in [0.05, 0.1) is 5.56 Å². The summed E-state index contributed by atoms with van der Waals surface area (Å²) in [5.41, 5.74) is 1.23. The van der Waals surface area contributed by atoms with E-state index in [4.69, 9.17) is 9.63 Å². The first kappa shape index (κ1) is 17.4. The summed E-state index contributed by atoms with van der Waals surface area (Å²) in [6.45, 7) is 1.80. The van der Waals surface area contributed by atoms with Crippen LogP contribution in [0.2, 0.25) is 0 Å². The highest BCUT2D eigenvalue weighted by Gasteiger charge is 2.05. The Morgan fingerprint density at radius 2 is 1.74 bits per heavy atom. The fourth-order valence-electron chi connectivity index (χ4n) is 1.66. The first-order chi connectivity index (χ1) is 11.0. The van der Waals surface area contributed by atoms with Gasteiger partial charge in [-0.15, -0.1) is 0 Å². The van der Waals surface area contributed by atoms with E-state index in [9.17, 15) is 4.79 Å². The fourth-order valence-corrected chi connectivity index (χ4v) is 2.46. The molecule has 0 spiro atoms. The summed E-state index contributed by atoms with van der Waals surface area (Å²) in [5.74, 6) is 0.301. The molecule has 2 aromatic carbocycles. The maximum Gasteiger partial charge on any atom is 0.335 e. The summed E-state index contributed by atoms with van der Waals surface area (Å²) in [6, 6.07) is 14.3. The molecule has 0 bridgehead atoms. The number of benzene rings is 2. The van der Waals surface area contributed by atoms with E-state index in [2.05, 4.69) is 42.0 Å². The van der Waals surface area contributed by atoms with Crippen molar-refractivity contribution in [1.29, 1.82) is 0 Å². The Morgan fingerprint density at radius 1 is 1.09 bits per heavy atom. The summed E-state index contributed by atoms with van der Waals surface area (Å²) in [5, 5.41) is 12.2.